The van der Waals surface area contributed by atoms with E-state index in [1.807, 2.05) is 4.90 Å². The van der Waals surface area contributed by atoms with E-state index in [9.17, 15) is 19.7 Å². The Labute approximate surface area is 146 Å². The average molecular weight is 349 g/mol. The van der Waals surface area contributed by atoms with Crippen LogP contribution < -0.4 is 0 Å². The molecule has 8 heteroatoms. The number of para-hydroxylation sites is 1. The second-order valence-corrected chi connectivity index (χ2v) is 5.88. The van der Waals surface area contributed by atoms with Crippen molar-refractivity contribution in [2.75, 3.05) is 39.3 Å². The maximum Gasteiger partial charge on any atom is 0.320 e. The van der Waals surface area contributed by atoms with Gasteiger partial charge in [0.05, 0.1) is 24.5 Å². The van der Waals surface area contributed by atoms with Crippen molar-refractivity contribution >= 4 is 17.6 Å². The van der Waals surface area contributed by atoms with Crippen molar-refractivity contribution in [1.29, 1.82) is 0 Å². The van der Waals surface area contributed by atoms with Crippen molar-refractivity contribution in [3.8, 4) is 0 Å². The highest BCUT2D eigenvalue weighted by molar-refractivity contribution is 5.80. The van der Waals surface area contributed by atoms with Crippen LogP contribution in [0, 0.1) is 10.1 Å². The number of hydrogen-bond acceptors (Lipinski definition) is 6. The largest absolute Gasteiger partial charge is 0.465 e. The van der Waals surface area contributed by atoms with Gasteiger partial charge in [0.25, 0.3) is 5.69 Å². The summed E-state index contributed by atoms with van der Waals surface area (Å²) in [6.45, 7) is 4.73. The molecule has 0 spiro atoms. The third-order valence-corrected chi connectivity index (χ3v) is 4.13. The summed E-state index contributed by atoms with van der Waals surface area (Å²) in [6, 6.07) is 6.30. The minimum Gasteiger partial charge on any atom is -0.465 e. The van der Waals surface area contributed by atoms with Crippen LogP contribution in [0.2, 0.25) is 0 Å². The fraction of sp³-hybridized carbons (Fsp3) is 0.529. The van der Waals surface area contributed by atoms with Gasteiger partial charge in [-0.3, -0.25) is 24.6 Å². The van der Waals surface area contributed by atoms with Crippen LogP contribution in [0.4, 0.5) is 5.69 Å². The monoisotopic (exact) mass is 349 g/mol. The molecule has 1 aliphatic heterocycles. The zero-order valence-corrected chi connectivity index (χ0v) is 14.3. The SMILES string of the molecule is CCOC(=O)CN1CCCN(C(=O)Cc2ccccc2[N+](=O)[O-])CC1. The minimum atomic E-state index is -0.466. The lowest BCUT2D eigenvalue weighted by Crippen LogP contribution is -2.37. The summed E-state index contributed by atoms with van der Waals surface area (Å²) in [5.74, 6) is -0.394. The number of nitro benzene ring substituents is 1. The number of amides is 1. The van der Waals surface area contributed by atoms with E-state index in [2.05, 4.69) is 0 Å². The predicted octanol–water partition coefficient (Wildman–Crippen LogP) is 1.23. The van der Waals surface area contributed by atoms with Crippen molar-refractivity contribution in [2.24, 2.45) is 0 Å². The number of carbonyl (C=O) groups excluding carboxylic acids is 2. The van der Waals surface area contributed by atoms with E-state index in [-0.39, 0.29) is 30.5 Å². The molecule has 136 valence electrons. The molecule has 0 aromatic heterocycles. The van der Waals surface area contributed by atoms with E-state index in [1.165, 1.54) is 6.07 Å². The van der Waals surface area contributed by atoms with Crippen LogP contribution in [0.1, 0.15) is 18.9 Å². The Morgan fingerprint density at radius 3 is 2.68 bits per heavy atom. The van der Waals surface area contributed by atoms with Gasteiger partial charge in [0.2, 0.25) is 5.91 Å². The Hall–Kier alpha value is -2.48. The minimum absolute atomic E-state index is 0.00896. The van der Waals surface area contributed by atoms with Crippen LogP contribution in [0.25, 0.3) is 0 Å². The first-order valence-electron chi connectivity index (χ1n) is 8.39. The first-order chi connectivity index (χ1) is 12.0. The summed E-state index contributed by atoms with van der Waals surface area (Å²) in [5, 5.41) is 11.1. The Morgan fingerprint density at radius 2 is 1.96 bits per heavy atom. The van der Waals surface area contributed by atoms with Crippen molar-refractivity contribution in [3.05, 3.63) is 39.9 Å². The average Bonchev–Trinajstić information content (AvgIpc) is 2.81. The van der Waals surface area contributed by atoms with Gasteiger partial charge in [-0.25, -0.2) is 0 Å². The molecule has 2 rings (SSSR count). The highest BCUT2D eigenvalue weighted by atomic mass is 16.6. The van der Waals surface area contributed by atoms with Crippen LogP contribution in [0.5, 0.6) is 0 Å². The Balaban J connectivity index is 1.93. The second kappa shape index (κ2) is 9.12. The lowest BCUT2D eigenvalue weighted by molar-refractivity contribution is -0.385. The van der Waals surface area contributed by atoms with Crippen LogP contribution in [0.15, 0.2) is 24.3 Å². The molecule has 1 aliphatic rings. The first-order valence-corrected chi connectivity index (χ1v) is 8.39. The Bertz CT molecular complexity index is 634. The molecule has 1 saturated heterocycles. The fourth-order valence-corrected chi connectivity index (χ4v) is 2.88. The molecule has 1 fully saturated rings. The standard InChI is InChI=1S/C17H23N3O5/c1-2-25-17(22)13-18-8-5-9-19(11-10-18)16(21)12-14-6-3-4-7-15(14)20(23)24/h3-4,6-7H,2,5,8-13H2,1H3. The summed E-state index contributed by atoms with van der Waals surface area (Å²) in [7, 11) is 0. The number of ether oxygens (including phenoxy) is 1. The van der Waals surface area contributed by atoms with Crippen molar-refractivity contribution in [1.82, 2.24) is 9.80 Å². The van der Waals surface area contributed by atoms with Gasteiger partial charge in [-0.1, -0.05) is 18.2 Å². The van der Waals surface area contributed by atoms with E-state index in [1.54, 1.807) is 30.0 Å². The van der Waals surface area contributed by atoms with Crippen molar-refractivity contribution < 1.29 is 19.2 Å². The molecule has 25 heavy (non-hydrogen) atoms. The Kier molecular flexibility index (Phi) is 6.88. The van der Waals surface area contributed by atoms with E-state index in [0.29, 0.717) is 38.3 Å². The maximum atomic E-state index is 12.5. The molecule has 0 saturated carbocycles. The topological polar surface area (TPSA) is 93.0 Å². The maximum absolute atomic E-state index is 12.5. The molecule has 1 aromatic carbocycles. The van der Waals surface area contributed by atoms with Crippen LogP contribution in [0.3, 0.4) is 0 Å². The van der Waals surface area contributed by atoms with Gasteiger partial charge in [-0.15, -0.1) is 0 Å². The zero-order valence-electron chi connectivity index (χ0n) is 14.3. The summed E-state index contributed by atoms with van der Waals surface area (Å²) >= 11 is 0. The molecular formula is C17H23N3O5. The van der Waals surface area contributed by atoms with E-state index in [0.717, 1.165) is 6.42 Å². The van der Waals surface area contributed by atoms with E-state index < -0.39 is 4.92 Å². The second-order valence-electron chi connectivity index (χ2n) is 5.88. The molecule has 0 unspecified atom stereocenters. The molecule has 1 amide bonds. The third-order valence-electron chi connectivity index (χ3n) is 4.13. The van der Waals surface area contributed by atoms with Gasteiger partial charge < -0.3 is 9.64 Å². The number of nitrogens with zero attached hydrogens (tertiary/aromatic N) is 3. The summed E-state index contributed by atoms with van der Waals surface area (Å²) in [4.78, 5) is 38.4. The fourth-order valence-electron chi connectivity index (χ4n) is 2.88. The molecular weight excluding hydrogens is 326 g/mol. The third kappa shape index (κ3) is 5.53. The van der Waals surface area contributed by atoms with Crippen LogP contribution in [-0.2, 0) is 20.7 Å². The normalized spacial score (nSPS) is 15.5. The summed E-state index contributed by atoms with van der Waals surface area (Å²) in [6.07, 6.45) is 0.761. The van der Waals surface area contributed by atoms with Gasteiger partial charge in [0.1, 0.15) is 0 Å². The highest BCUT2D eigenvalue weighted by Crippen LogP contribution is 2.19. The molecule has 8 nitrogen and oxygen atoms in total. The predicted molar refractivity (Wildman–Crippen MR) is 91.1 cm³/mol. The molecule has 0 radical (unpaired) electrons. The summed E-state index contributed by atoms with van der Waals surface area (Å²) in [5.41, 5.74) is 0.389. The first kappa shape index (κ1) is 18.9. The zero-order chi connectivity index (χ0) is 18.2. The smallest absolute Gasteiger partial charge is 0.320 e. The number of rotatable bonds is 6. The number of nitro groups is 1. The van der Waals surface area contributed by atoms with E-state index >= 15 is 0 Å². The molecule has 1 aromatic rings. The lowest BCUT2D eigenvalue weighted by atomic mass is 10.1. The molecule has 0 bridgehead atoms. The van der Waals surface area contributed by atoms with Gasteiger partial charge in [-0.2, -0.15) is 0 Å². The number of carbonyl (C=O) groups is 2. The number of esters is 1. The van der Waals surface area contributed by atoms with Gasteiger partial charge in [0.15, 0.2) is 0 Å². The molecule has 0 N–H and O–H groups in total. The van der Waals surface area contributed by atoms with Gasteiger partial charge in [-0.05, 0) is 13.3 Å². The molecule has 0 atom stereocenters. The van der Waals surface area contributed by atoms with E-state index in [4.69, 9.17) is 4.74 Å². The number of hydrogen-bond donors (Lipinski definition) is 0. The number of benzene rings is 1. The molecule has 0 aliphatic carbocycles. The van der Waals surface area contributed by atoms with Gasteiger partial charge in [0, 0.05) is 37.8 Å². The molecule has 1 heterocycles. The van der Waals surface area contributed by atoms with Crippen LogP contribution >= 0.6 is 0 Å². The summed E-state index contributed by atoms with van der Waals surface area (Å²) < 4.78 is 4.95. The quantitative estimate of drug-likeness (QED) is 0.436. The van der Waals surface area contributed by atoms with Gasteiger partial charge >= 0.3 is 5.97 Å². The highest BCUT2D eigenvalue weighted by Gasteiger charge is 2.23. The van der Waals surface area contributed by atoms with Crippen molar-refractivity contribution in [3.63, 3.8) is 0 Å². The lowest BCUT2D eigenvalue weighted by Gasteiger charge is -2.21. The Morgan fingerprint density at radius 1 is 1.20 bits per heavy atom. The van der Waals surface area contributed by atoms with Crippen molar-refractivity contribution in [2.45, 2.75) is 19.8 Å². The van der Waals surface area contributed by atoms with Crippen LogP contribution in [-0.4, -0.2) is 65.9 Å².